The van der Waals surface area contributed by atoms with Crippen molar-refractivity contribution in [2.75, 3.05) is 0 Å². The molecule has 0 unspecified atom stereocenters. The summed E-state index contributed by atoms with van der Waals surface area (Å²) in [7, 11) is 0. The Labute approximate surface area is 77.4 Å². The molecule has 0 bridgehead atoms. The highest BCUT2D eigenvalue weighted by Crippen LogP contribution is 1.92. The zero-order chi connectivity index (χ0) is 10.0. The number of nitrogens with one attached hydrogen (secondary N) is 1. The lowest BCUT2D eigenvalue weighted by molar-refractivity contribution is 0.566. The summed E-state index contributed by atoms with van der Waals surface area (Å²) in [6.07, 6.45) is 2.92. The first-order valence-corrected chi connectivity index (χ1v) is 4.57. The maximum absolute atomic E-state index is 11.4. The maximum atomic E-state index is 11.4. The largest absolute Gasteiger partial charge is 0.326 e. The molecule has 1 aromatic rings. The molecule has 0 atom stereocenters. The van der Waals surface area contributed by atoms with Gasteiger partial charge >= 0.3 is 5.69 Å². The van der Waals surface area contributed by atoms with Crippen molar-refractivity contribution >= 4 is 12.7 Å². The van der Waals surface area contributed by atoms with E-state index in [-0.39, 0.29) is 11.7 Å². The predicted octanol–water partition coefficient (Wildman–Crippen LogP) is 0.358. The average molecular weight is 180 g/mol. The Morgan fingerprint density at radius 2 is 2.23 bits per heavy atom. The summed E-state index contributed by atoms with van der Waals surface area (Å²) < 4.78 is 1.73. The third kappa shape index (κ3) is 1.74. The van der Waals surface area contributed by atoms with E-state index in [1.807, 2.05) is 26.8 Å². The smallest absolute Gasteiger partial charge is 0.306 e. The van der Waals surface area contributed by atoms with E-state index in [0.29, 0.717) is 5.35 Å². The van der Waals surface area contributed by atoms with Gasteiger partial charge in [-0.2, -0.15) is 0 Å². The first-order chi connectivity index (χ1) is 6.07. The van der Waals surface area contributed by atoms with Gasteiger partial charge in [-0.3, -0.25) is 4.57 Å². The molecule has 0 spiro atoms. The Kier molecular flexibility index (Phi) is 2.76. The molecule has 1 rings (SSSR count). The summed E-state index contributed by atoms with van der Waals surface area (Å²) >= 11 is 0. The Morgan fingerprint density at radius 1 is 1.62 bits per heavy atom. The third-order valence-corrected chi connectivity index (χ3v) is 1.96. The van der Waals surface area contributed by atoms with Crippen LogP contribution in [0, 0.1) is 0 Å². The van der Waals surface area contributed by atoms with Crippen LogP contribution in [0.25, 0.3) is 12.7 Å². The van der Waals surface area contributed by atoms with Crippen molar-refractivity contribution in [3.05, 3.63) is 21.2 Å². The van der Waals surface area contributed by atoms with Gasteiger partial charge in [-0.25, -0.2) is 4.79 Å². The van der Waals surface area contributed by atoms with E-state index < -0.39 is 0 Å². The van der Waals surface area contributed by atoms with E-state index in [2.05, 4.69) is 11.6 Å². The third-order valence-electron chi connectivity index (χ3n) is 1.96. The van der Waals surface area contributed by atoms with E-state index in [4.69, 9.17) is 0 Å². The van der Waals surface area contributed by atoms with Gasteiger partial charge in [-0.15, -0.1) is 0 Å². The lowest BCUT2D eigenvalue weighted by Crippen LogP contribution is -2.32. The molecule has 0 saturated carbocycles. The van der Waals surface area contributed by atoms with Gasteiger partial charge in [-0.05, 0) is 20.3 Å². The van der Waals surface area contributed by atoms with Crippen LogP contribution in [0.2, 0.25) is 0 Å². The Hall–Kier alpha value is -1.25. The van der Waals surface area contributed by atoms with Crippen LogP contribution in [0.3, 0.4) is 0 Å². The van der Waals surface area contributed by atoms with Gasteiger partial charge in [-0.1, -0.05) is 19.6 Å². The fourth-order valence-electron chi connectivity index (χ4n) is 1.44. The zero-order valence-electron chi connectivity index (χ0n) is 8.42. The van der Waals surface area contributed by atoms with Gasteiger partial charge in [0.05, 0.1) is 10.7 Å². The van der Waals surface area contributed by atoms with E-state index in [0.717, 1.165) is 11.8 Å². The number of hydrogen-bond acceptors (Lipinski definition) is 1. The van der Waals surface area contributed by atoms with Crippen molar-refractivity contribution in [2.45, 2.75) is 33.2 Å². The Balaban J connectivity index is 3.58. The fraction of sp³-hybridized carbons (Fsp3) is 0.500. The van der Waals surface area contributed by atoms with Crippen LogP contribution < -0.4 is 16.4 Å². The van der Waals surface area contributed by atoms with Crippen LogP contribution in [0.15, 0.2) is 4.79 Å². The predicted molar refractivity (Wildman–Crippen MR) is 55.0 cm³/mol. The van der Waals surface area contributed by atoms with Crippen LogP contribution in [-0.4, -0.2) is 9.55 Å². The Morgan fingerprint density at radius 3 is 2.69 bits per heavy atom. The van der Waals surface area contributed by atoms with E-state index >= 15 is 0 Å². The lowest BCUT2D eigenvalue weighted by Gasteiger charge is -2.04. The van der Waals surface area contributed by atoms with Crippen LogP contribution in [0.4, 0.5) is 0 Å². The van der Waals surface area contributed by atoms with Crippen molar-refractivity contribution in [1.29, 1.82) is 0 Å². The monoisotopic (exact) mass is 180 g/mol. The number of aromatic nitrogens is 2. The molecular formula is C10H16N2O. The van der Waals surface area contributed by atoms with E-state index in [1.165, 1.54) is 0 Å². The Bertz CT molecular complexity index is 436. The minimum atomic E-state index is -0.0697. The van der Waals surface area contributed by atoms with Crippen molar-refractivity contribution in [1.82, 2.24) is 9.55 Å². The molecule has 3 nitrogen and oxygen atoms in total. The van der Waals surface area contributed by atoms with Gasteiger partial charge in [0.15, 0.2) is 0 Å². The molecule has 0 radical (unpaired) electrons. The summed E-state index contributed by atoms with van der Waals surface area (Å²) in [5, 5.41) is 1.63. The number of hydrogen-bond donors (Lipinski definition) is 1. The first-order valence-electron chi connectivity index (χ1n) is 4.57. The normalized spacial score (nSPS) is 12.8. The highest BCUT2D eigenvalue weighted by molar-refractivity contribution is 5.19. The molecule has 0 aliphatic heterocycles. The van der Waals surface area contributed by atoms with Gasteiger partial charge < -0.3 is 4.98 Å². The number of H-pyrrole nitrogens is 1. The highest BCUT2D eigenvalue weighted by atomic mass is 16.1. The number of imidazole rings is 1. The molecule has 1 heterocycles. The van der Waals surface area contributed by atoms with Gasteiger partial charge in [0.25, 0.3) is 0 Å². The molecule has 0 saturated heterocycles. The van der Waals surface area contributed by atoms with Crippen LogP contribution in [-0.2, 0) is 0 Å². The molecule has 1 aromatic heterocycles. The highest BCUT2D eigenvalue weighted by Gasteiger charge is 2.04. The quantitative estimate of drug-likeness (QED) is 0.701. The summed E-state index contributed by atoms with van der Waals surface area (Å²) in [5.41, 5.74) is -0.0697. The minimum Gasteiger partial charge on any atom is -0.306 e. The van der Waals surface area contributed by atoms with E-state index in [9.17, 15) is 4.79 Å². The maximum Gasteiger partial charge on any atom is 0.326 e. The number of rotatable bonds is 2. The molecule has 0 aliphatic rings. The number of nitrogens with zero attached hydrogens (tertiary/aromatic N) is 1. The van der Waals surface area contributed by atoms with Crippen LogP contribution in [0.1, 0.15) is 33.2 Å². The molecular weight excluding hydrogens is 164 g/mol. The molecule has 0 aliphatic carbocycles. The SMILES string of the molecule is C=c1[nH]c(=O)n(C(C)C)/c1=C/CC. The summed E-state index contributed by atoms with van der Waals surface area (Å²) in [4.78, 5) is 14.1. The second-order valence-corrected chi connectivity index (χ2v) is 3.37. The van der Waals surface area contributed by atoms with Crippen molar-refractivity contribution in [3.63, 3.8) is 0 Å². The minimum absolute atomic E-state index is 0.0697. The van der Waals surface area contributed by atoms with Crippen LogP contribution >= 0.6 is 0 Å². The molecule has 72 valence electrons. The van der Waals surface area contributed by atoms with Crippen molar-refractivity contribution in [2.24, 2.45) is 0 Å². The van der Waals surface area contributed by atoms with Crippen molar-refractivity contribution < 1.29 is 0 Å². The summed E-state index contributed by atoms with van der Waals surface area (Å²) in [5.74, 6) is 0. The molecule has 0 fully saturated rings. The molecule has 1 N–H and O–H groups in total. The summed E-state index contributed by atoms with van der Waals surface area (Å²) in [6.45, 7) is 9.81. The lowest BCUT2D eigenvalue weighted by atomic mass is 10.3. The first kappa shape index (κ1) is 9.84. The topological polar surface area (TPSA) is 37.8 Å². The fourth-order valence-corrected chi connectivity index (χ4v) is 1.44. The van der Waals surface area contributed by atoms with E-state index in [1.54, 1.807) is 4.57 Å². The van der Waals surface area contributed by atoms with Crippen LogP contribution in [0.5, 0.6) is 0 Å². The second kappa shape index (κ2) is 3.64. The molecule has 13 heavy (non-hydrogen) atoms. The molecule has 3 heteroatoms. The second-order valence-electron chi connectivity index (χ2n) is 3.37. The average Bonchev–Trinajstić information content (AvgIpc) is 2.27. The molecule has 0 amide bonds. The van der Waals surface area contributed by atoms with Gasteiger partial charge in [0.1, 0.15) is 0 Å². The molecule has 0 aromatic carbocycles. The number of aromatic amines is 1. The van der Waals surface area contributed by atoms with Crippen molar-refractivity contribution in [3.8, 4) is 0 Å². The summed E-state index contributed by atoms with van der Waals surface area (Å²) in [6, 6.07) is 0.178. The zero-order valence-corrected chi connectivity index (χ0v) is 8.42. The standard InChI is InChI=1S/C10H16N2O/c1-5-6-9-8(4)11-10(13)12(9)7(2)3/h6-7H,4-5H2,1-3H3,(H,11,13)/b9-6+. The van der Waals surface area contributed by atoms with Gasteiger partial charge in [0, 0.05) is 6.04 Å². The van der Waals surface area contributed by atoms with Gasteiger partial charge in [0.2, 0.25) is 0 Å².